The van der Waals surface area contributed by atoms with E-state index in [2.05, 4.69) is 12.2 Å². The van der Waals surface area contributed by atoms with E-state index in [1.807, 2.05) is 6.92 Å². The molecule has 20 heavy (non-hydrogen) atoms. The molecule has 3 atom stereocenters. The number of rotatable bonds is 5. The van der Waals surface area contributed by atoms with Gasteiger partial charge in [-0.15, -0.1) is 0 Å². The van der Waals surface area contributed by atoms with Gasteiger partial charge in [-0.3, -0.25) is 4.79 Å². The van der Waals surface area contributed by atoms with Gasteiger partial charge in [0.25, 0.3) is 0 Å². The van der Waals surface area contributed by atoms with Crippen LogP contribution in [0.15, 0.2) is 0 Å². The Morgan fingerprint density at radius 3 is 2.60 bits per heavy atom. The highest BCUT2D eigenvalue weighted by atomic mass is 16.4. The van der Waals surface area contributed by atoms with Gasteiger partial charge in [0.05, 0.1) is 6.42 Å². The molecular weight excluding hydrogens is 256 g/mol. The van der Waals surface area contributed by atoms with Crippen LogP contribution in [-0.2, 0) is 4.79 Å². The van der Waals surface area contributed by atoms with E-state index < -0.39 is 5.97 Å². The van der Waals surface area contributed by atoms with Crippen molar-refractivity contribution >= 4 is 12.0 Å². The highest BCUT2D eigenvalue weighted by molar-refractivity contribution is 5.76. The molecule has 3 unspecified atom stereocenters. The SMILES string of the molecule is CCN(C(=O)NC1CCCC(C)CC1)C(C)CC(=O)O. The van der Waals surface area contributed by atoms with Crippen molar-refractivity contribution in [2.45, 2.75) is 71.4 Å². The van der Waals surface area contributed by atoms with Crippen LogP contribution < -0.4 is 5.32 Å². The predicted molar refractivity (Wildman–Crippen MR) is 78.7 cm³/mol. The first-order valence-corrected chi connectivity index (χ1v) is 7.73. The van der Waals surface area contributed by atoms with Gasteiger partial charge in [-0.2, -0.15) is 0 Å². The topological polar surface area (TPSA) is 69.6 Å². The third-order valence-corrected chi connectivity index (χ3v) is 4.19. The minimum absolute atomic E-state index is 0.0110. The van der Waals surface area contributed by atoms with Gasteiger partial charge in [-0.25, -0.2) is 4.79 Å². The predicted octanol–water partition coefficient (Wildman–Crippen LogP) is 2.85. The van der Waals surface area contributed by atoms with Crippen LogP contribution in [0, 0.1) is 5.92 Å². The van der Waals surface area contributed by atoms with Crippen LogP contribution >= 0.6 is 0 Å². The van der Waals surface area contributed by atoms with Gasteiger partial charge in [-0.1, -0.05) is 19.8 Å². The Hall–Kier alpha value is -1.26. The molecule has 0 bridgehead atoms. The van der Waals surface area contributed by atoms with Crippen molar-refractivity contribution in [3.05, 3.63) is 0 Å². The Bertz CT molecular complexity index is 333. The van der Waals surface area contributed by atoms with Crippen molar-refractivity contribution in [3.8, 4) is 0 Å². The molecule has 5 nitrogen and oxygen atoms in total. The first kappa shape index (κ1) is 16.8. The maximum absolute atomic E-state index is 12.3. The van der Waals surface area contributed by atoms with Crippen molar-refractivity contribution in [1.82, 2.24) is 10.2 Å². The van der Waals surface area contributed by atoms with Crippen molar-refractivity contribution in [2.75, 3.05) is 6.54 Å². The Morgan fingerprint density at radius 2 is 2.00 bits per heavy atom. The third kappa shape index (κ3) is 5.39. The second kappa shape index (κ2) is 8.12. The van der Waals surface area contributed by atoms with Gasteiger partial charge in [0.15, 0.2) is 0 Å². The Morgan fingerprint density at radius 1 is 1.30 bits per heavy atom. The van der Waals surface area contributed by atoms with Crippen LogP contribution in [0.3, 0.4) is 0 Å². The quantitative estimate of drug-likeness (QED) is 0.763. The summed E-state index contributed by atoms with van der Waals surface area (Å²) >= 11 is 0. The molecule has 0 aromatic heterocycles. The van der Waals surface area contributed by atoms with E-state index in [0.717, 1.165) is 31.6 Å². The fourth-order valence-corrected chi connectivity index (χ4v) is 2.91. The maximum atomic E-state index is 12.3. The summed E-state index contributed by atoms with van der Waals surface area (Å²) in [6.07, 6.45) is 5.59. The number of nitrogens with one attached hydrogen (secondary N) is 1. The fourth-order valence-electron chi connectivity index (χ4n) is 2.91. The molecule has 2 N–H and O–H groups in total. The number of urea groups is 1. The minimum atomic E-state index is -0.868. The van der Waals surface area contributed by atoms with Gasteiger partial charge in [-0.05, 0) is 39.0 Å². The zero-order valence-corrected chi connectivity index (χ0v) is 12.9. The first-order valence-electron chi connectivity index (χ1n) is 7.73. The van der Waals surface area contributed by atoms with Crippen molar-refractivity contribution in [2.24, 2.45) is 5.92 Å². The molecule has 0 heterocycles. The van der Waals surface area contributed by atoms with E-state index in [4.69, 9.17) is 5.11 Å². The average Bonchev–Trinajstić information content (AvgIpc) is 2.54. The van der Waals surface area contributed by atoms with Gasteiger partial charge in [0.1, 0.15) is 0 Å². The zero-order chi connectivity index (χ0) is 15.1. The van der Waals surface area contributed by atoms with Crippen LogP contribution in [0.2, 0.25) is 0 Å². The van der Waals surface area contributed by atoms with E-state index in [-0.39, 0.29) is 24.5 Å². The van der Waals surface area contributed by atoms with Crippen LogP contribution in [0.25, 0.3) is 0 Å². The lowest BCUT2D eigenvalue weighted by Gasteiger charge is -2.29. The summed E-state index contributed by atoms with van der Waals surface area (Å²) < 4.78 is 0. The second-order valence-electron chi connectivity index (χ2n) is 5.99. The number of carboxylic acid groups (broad SMARTS) is 1. The molecule has 1 fully saturated rings. The summed E-state index contributed by atoms with van der Waals surface area (Å²) in [4.78, 5) is 24.7. The Labute approximate surface area is 121 Å². The number of carbonyl (C=O) groups is 2. The van der Waals surface area contributed by atoms with Crippen molar-refractivity contribution in [3.63, 3.8) is 0 Å². The lowest BCUT2D eigenvalue weighted by atomic mass is 10.0. The first-order chi connectivity index (χ1) is 9.43. The van der Waals surface area contributed by atoms with Crippen LogP contribution in [0.1, 0.15) is 59.3 Å². The van der Waals surface area contributed by atoms with E-state index in [9.17, 15) is 9.59 Å². The largest absolute Gasteiger partial charge is 0.481 e. The Kier molecular flexibility index (Phi) is 6.82. The van der Waals surface area contributed by atoms with E-state index in [1.54, 1.807) is 11.8 Å². The van der Waals surface area contributed by atoms with E-state index in [1.165, 1.54) is 6.42 Å². The standard InChI is InChI=1S/C15H28N2O3/c1-4-17(12(3)10-14(18)19)15(20)16-13-7-5-6-11(2)8-9-13/h11-13H,4-10H2,1-3H3,(H,16,20)(H,18,19). The fraction of sp³-hybridized carbons (Fsp3) is 0.867. The Balaban J connectivity index is 2.51. The van der Waals surface area contributed by atoms with Gasteiger partial charge in [0.2, 0.25) is 0 Å². The molecule has 1 aliphatic carbocycles. The summed E-state index contributed by atoms with van der Waals surface area (Å²) in [5, 5.41) is 11.9. The number of carboxylic acids is 1. The lowest BCUT2D eigenvalue weighted by Crippen LogP contribution is -2.48. The molecule has 0 aromatic rings. The van der Waals surface area contributed by atoms with Crippen LogP contribution in [0.5, 0.6) is 0 Å². The average molecular weight is 284 g/mol. The smallest absolute Gasteiger partial charge is 0.317 e. The lowest BCUT2D eigenvalue weighted by molar-refractivity contribution is -0.138. The third-order valence-electron chi connectivity index (χ3n) is 4.19. The summed E-state index contributed by atoms with van der Waals surface area (Å²) in [5.41, 5.74) is 0. The summed E-state index contributed by atoms with van der Waals surface area (Å²) in [7, 11) is 0. The summed E-state index contributed by atoms with van der Waals surface area (Å²) in [6.45, 7) is 6.46. The molecule has 5 heteroatoms. The maximum Gasteiger partial charge on any atom is 0.317 e. The van der Waals surface area contributed by atoms with Crippen LogP contribution in [-0.4, -0.2) is 40.6 Å². The molecule has 116 valence electrons. The number of carbonyl (C=O) groups excluding carboxylic acids is 1. The van der Waals surface area contributed by atoms with Crippen molar-refractivity contribution < 1.29 is 14.7 Å². The van der Waals surface area contributed by atoms with Gasteiger partial charge in [0, 0.05) is 18.6 Å². The highest BCUT2D eigenvalue weighted by Gasteiger charge is 2.24. The zero-order valence-electron chi connectivity index (χ0n) is 12.9. The molecule has 1 rings (SSSR count). The molecule has 0 aliphatic heterocycles. The summed E-state index contributed by atoms with van der Waals surface area (Å²) in [6, 6.07) is -0.165. The van der Waals surface area contributed by atoms with Gasteiger partial charge < -0.3 is 15.3 Å². The molecule has 1 aliphatic rings. The number of aliphatic carboxylic acids is 1. The van der Waals surface area contributed by atoms with Crippen molar-refractivity contribution in [1.29, 1.82) is 0 Å². The number of nitrogens with zero attached hydrogens (tertiary/aromatic N) is 1. The number of amides is 2. The van der Waals surface area contributed by atoms with E-state index in [0.29, 0.717) is 6.54 Å². The monoisotopic (exact) mass is 284 g/mol. The molecule has 1 saturated carbocycles. The molecule has 0 radical (unpaired) electrons. The molecule has 0 spiro atoms. The molecular formula is C15H28N2O3. The normalized spacial score (nSPS) is 24.6. The highest BCUT2D eigenvalue weighted by Crippen LogP contribution is 2.22. The molecule has 0 saturated heterocycles. The second-order valence-corrected chi connectivity index (χ2v) is 5.99. The minimum Gasteiger partial charge on any atom is -0.481 e. The molecule has 2 amide bonds. The number of hydrogen-bond donors (Lipinski definition) is 2. The summed E-state index contributed by atoms with van der Waals surface area (Å²) in [5.74, 6) is -0.128. The van der Waals surface area contributed by atoms with E-state index >= 15 is 0 Å². The number of hydrogen-bond acceptors (Lipinski definition) is 2. The molecule has 0 aromatic carbocycles. The van der Waals surface area contributed by atoms with Gasteiger partial charge >= 0.3 is 12.0 Å². The van der Waals surface area contributed by atoms with Crippen LogP contribution in [0.4, 0.5) is 4.79 Å².